The van der Waals surface area contributed by atoms with Crippen molar-refractivity contribution in [3.63, 3.8) is 0 Å². The van der Waals surface area contributed by atoms with Crippen molar-refractivity contribution in [3.05, 3.63) is 0 Å². The predicted molar refractivity (Wildman–Crippen MR) is 68.6 cm³/mol. The molecule has 0 aromatic heterocycles. The Bertz CT molecular complexity index is 225. The molecule has 0 aromatic rings. The Balaban J connectivity index is 2.83. The summed E-state index contributed by atoms with van der Waals surface area (Å²) in [4.78, 5) is 14.9. The zero-order valence-electron chi connectivity index (χ0n) is 11.4. The van der Waals surface area contributed by atoms with Gasteiger partial charge >= 0.3 is 0 Å². The van der Waals surface area contributed by atoms with Crippen LogP contribution >= 0.6 is 0 Å². The lowest BCUT2D eigenvalue weighted by Gasteiger charge is -2.39. The summed E-state index contributed by atoms with van der Waals surface area (Å²) >= 11 is 0. The topological polar surface area (TPSA) is 20.3 Å². The van der Waals surface area contributed by atoms with E-state index in [0.29, 0.717) is 11.7 Å². The summed E-state index contributed by atoms with van der Waals surface area (Å²) in [6, 6.07) is 0. The van der Waals surface area contributed by atoms with Gasteiger partial charge in [-0.3, -0.25) is 9.69 Å². The van der Waals surface area contributed by atoms with Gasteiger partial charge in [-0.05, 0) is 31.8 Å². The Morgan fingerprint density at radius 2 is 1.69 bits per heavy atom. The van der Waals surface area contributed by atoms with Gasteiger partial charge in [0.2, 0.25) is 0 Å². The molecule has 1 aliphatic carbocycles. The molecule has 1 fully saturated rings. The highest BCUT2D eigenvalue weighted by molar-refractivity contribution is 5.88. The van der Waals surface area contributed by atoms with Crippen LogP contribution < -0.4 is 0 Å². The van der Waals surface area contributed by atoms with Crippen molar-refractivity contribution in [1.82, 2.24) is 4.90 Å². The Morgan fingerprint density at radius 1 is 1.19 bits per heavy atom. The highest BCUT2D eigenvalue weighted by Crippen LogP contribution is 2.37. The van der Waals surface area contributed by atoms with Crippen LogP contribution in [0, 0.1) is 5.92 Å². The fourth-order valence-corrected chi connectivity index (χ4v) is 3.12. The van der Waals surface area contributed by atoms with E-state index >= 15 is 0 Å². The number of carbonyl (C=O) groups is 1. The van der Waals surface area contributed by atoms with Crippen LogP contribution in [0.1, 0.15) is 59.8 Å². The van der Waals surface area contributed by atoms with E-state index in [2.05, 4.69) is 32.6 Å². The predicted octanol–water partition coefficient (Wildman–Crippen LogP) is 3.26. The van der Waals surface area contributed by atoms with Crippen molar-refractivity contribution in [2.75, 3.05) is 13.1 Å². The monoisotopic (exact) mass is 225 g/mol. The molecular formula is C14H27NO. The molecule has 2 nitrogen and oxygen atoms in total. The van der Waals surface area contributed by atoms with E-state index < -0.39 is 0 Å². The summed E-state index contributed by atoms with van der Waals surface area (Å²) in [5.74, 6) is 0.976. The normalized spacial score (nSPS) is 19.6. The van der Waals surface area contributed by atoms with Gasteiger partial charge in [0.15, 0.2) is 5.78 Å². The molecular weight excluding hydrogens is 198 g/mol. The number of rotatable bonds is 6. The fourth-order valence-electron chi connectivity index (χ4n) is 3.12. The molecule has 0 radical (unpaired) electrons. The molecule has 1 rings (SSSR count). The largest absolute Gasteiger partial charge is 0.298 e. The van der Waals surface area contributed by atoms with Crippen LogP contribution in [0.2, 0.25) is 0 Å². The third kappa shape index (κ3) is 2.65. The number of ketones is 1. The average Bonchev–Trinajstić information content (AvgIpc) is 2.69. The van der Waals surface area contributed by atoms with Gasteiger partial charge in [0.25, 0.3) is 0 Å². The van der Waals surface area contributed by atoms with Gasteiger partial charge in [0.05, 0.1) is 5.54 Å². The molecule has 0 unspecified atom stereocenters. The van der Waals surface area contributed by atoms with Gasteiger partial charge in [-0.15, -0.1) is 0 Å². The zero-order valence-corrected chi connectivity index (χ0v) is 11.4. The minimum atomic E-state index is -0.103. The van der Waals surface area contributed by atoms with Crippen LogP contribution in [0.3, 0.4) is 0 Å². The van der Waals surface area contributed by atoms with Crippen LogP contribution in [0.4, 0.5) is 0 Å². The van der Waals surface area contributed by atoms with Crippen LogP contribution in [0.25, 0.3) is 0 Å². The minimum Gasteiger partial charge on any atom is -0.298 e. The van der Waals surface area contributed by atoms with Crippen LogP contribution in [0.15, 0.2) is 0 Å². The number of hydrogen-bond acceptors (Lipinski definition) is 2. The van der Waals surface area contributed by atoms with Gasteiger partial charge in [0.1, 0.15) is 0 Å². The summed E-state index contributed by atoms with van der Waals surface area (Å²) in [6.07, 6.45) is 5.36. The van der Waals surface area contributed by atoms with Crippen LogP contribution in [-0.2, 0) is 4.79 Å². The van der Waals surface area contributed by atoms with E-state index in [0.717, 1.165) is 32.4 Å². The molecule has 94 valence electrons. The second kappa shape index (κ2) is 5.81. The third-order valence-corrected chi connectivity index (χ3v) is 3.91. The standard InChI is InChI=1S/C14H27NO/c1-5-15(6-2)14(9-7-8-10-14)13(16)11-12(3)4/h12H,5-11H2,1-4H3. The Hall–Kier alpha value is -0.370. The molecule has 1 saturated carbocycles. The van der Waals surface area contributed by atoms with Crippen LogP contribution in [0.5, 0.6) is 0 Å². The van der Waals surface area contributed by atoms with Gasteiger partial charge in [-0.2, -0.15) is 0 Å². The smallest absolute Gasteiger partial charge is 0.153 e. The number of carbonyl (C=O) groups excluding carboxylic acids is 1. The summed E-state index contributed by atoms with van der Waals surface area (Å²) in [5.41, 5.74) is -0.103. The van der Waals surface area contributed by atoms with Crippen molar-refractivity contribution in [1.29, 1.82) is 0 Å². The molecule has 0 atom stereocenters. The highest BCUT2D eigenvalue weighted by atomic mass is 16.1. The van der Waals surface area contributed by atoms with Crippen molar-refractivity contribution in [3.8, 4) is 0 Å². The molecule has 0 N–H and O–H groups in total. The molecule has 0 bridgehead atoms. The molecule has 0 aromatic carbocycles. The summed E-state index contributed by atoms with van der Waals surface area (Å²) in [7, 11) is 0. The zero-order chi connectivity index (χ0) is 12.2. The average molecular weight is 225 g/mol. The summed E-state index contributed by atoms with van der Waals surface area (Å²) in [6.45, 7) is 10.6. The van der Waals surface area contributed by atoms with Gasteiger partial charge < -0.3 is 0 Å². The van der Waals surface area contributed by atoms with Gasteiger partial charge in [0, 0.05) is 6.42 Å². The van der Waals surface area contributed by atoms with Crippen molar-refractivity contribution >= 4 is 5.78 Å². The second-order valence-corrected chi connectivity index (χ2v) is 5.43. The van der Waals surface area contributed by atoms with E-state index in [4.69, 9.17) is 0 Å². The second-order valence-electron chi connectivity index (χ2n) is 5.43. The third-order valence-electron chi connectivity index (χ3n) is 3.91. The van der Waals surface area contributed by atoms with Crippen molar-refractivity contribution < 1.29 is 4.79 Å². The number of likely N-dealkylation sites (N-methyl/N-ethyl adjacent to an activating group) is 1. The summed E-state index contributed by atoms with van der Waals surface area (Å²) in [5, 5.41) is 0. The molecule has 16 heavy (non-hydrogen) atoms. The minimum absolute atomic E-state index is 0.103. The van der Waals surface area contributed by atoms with Gasteiger partial charge in [-0.25, -0.2) is 0 Å². The maximum absolute atomic E-state index is 12.5. The number of nitrogens with zero attached hydrogens (tertiary/aromatic N) is 1. The van der Waals surface area contributed by atoms with E-state index in [1.807, 2.05) is 0 Å². The first-order valence-corrected chi connectivity index (χ1v) is 6.85. The lowest BCUT2D eigenvalue weighted by atomic mass is 9.85. The fraction of sp³-hybridized carbons (Fsp3) is 0.929. The summed E-state index contributed by atoms with van der Waals surface area (Å²) < 4.78 is 0. The SMILES string of the molecule is CCN(CC)C1(C(=O)CC(C)C)CCCC1. The van der Waals surface area contributed by atoms with E-state index in [9.17, 15) is 4.79 Å². The lowest BCUT2D eigenvalue weighted by molar-refractivity contribution is -0.131. The van der Waals surface area contributed by atoms with Crippen LogP contribution in [-0.4, -0.2) is 29.3 Å². The van der Waals surface area contributed by atoms with Crippen molar-refractivity contribution in [2.24, 2.45) is 5.92 Å². The molecule has 0 saturated heterocycles. The number of hydrogen-bond donors (Lipinski definition) is 0. The molecule has 0 amide bonds. The molecule has 0 heterocycles. The Labute approximate surface area is 100 Å². The molecule has 0 aliphatic heterocycles. The highest BCUT2D eigenvalue weighted by Gasteiger charge is 2.44. The quantitative estimate of drug-likeness (QED) is 0.691. The van der Waals surface area contributed by atoms with Crippen molar-refractivity contribution in [2.45, 2.75) is 65.3 Å². The first kappa shape index (κ1) is 13.7. The maximum atomic E-state index is 12.5. The number of Topliss-reactive ketones (excluding diaryl/α,β-unsaturated/α-hetero) is 1. The van der Waals surface area contributed by atoms with E-state index in [1.165, 1.54) is 12.8 Å². The Morgan fingerprint density at radius 3 is 2.06 bits per heavy atom. The molecule has 2 heteroatoms. The Kier molecular flexibility index (Phi) is 4.97. The first-order valence-electron chi connectivity index (χ1n) is 6.85. The molecule has 0 spiro atoms. The molecule has 1 aliphatic rings. The van der Waals surface area contributed by atoms with E-state index in [1.54, 1.807) is 0 Å². The van der Waals surface area contributed by atoms with Gasteiger partial charge in [-0.1, -0.05) is 40.5 Å². The lowest BCUT2D eigenvalue weighted by Crippen LogP contribution is -2.52. The maximum Gasteiger partial charge on any atom is 0.153 e. The first-order chi connectivity index (χ1) is 7.56. The van der Waals surface area contributed by atoms with E-state index in [-0.39, 0.29) is 5.54 Å².